The minimum atomic E-state index is -0.216. The van der Waals surface area contributed by atoms with Crippen molar-refractivity contribution in [3.05, 3.63) is 217 Å². The van der Waals surface area contributed by atoms with Gasteiger partial charge in [-0.15, -0.1) is 0 Å². The Hall–Kier alpha value is -6.58. The highest BCUT2D eigenvalue weighted by Gasteiger charge is 2.58. The van der Waals surface area contributed by atoms with Gasteiger partial charge in [0, 0.05) is 50.4 Å². The smallest absolute Gasteiger partial charge is 0.252 e. The fraction of sp³-hybridized carbons (Fsp3) is 0.407. The molecule has 15 rings (SSSR count). The predicted molar refractivity (Wildman–Crippen MR) is 359 cm³/mol. The van der Waals surface area contributed by atoms with Crippen LogP contribution in [-0.2, 0) is 44.3 Å². The summed E-state index contributed by atoms with van der Waals surface area (Å²) in [4.78, 5) is 5.50. The van der Waals surface area contributed by atoms with Crippen LogP contribution in [-0.4, -0.2) is 6.71 Å². The van der Waals surface area contributed by atoms with Crippen LogP contribution in [0.5, 0.6) is 0 Å². The summed E-state index contributed by atoms with van der Waals surface area (Å²) in [7, 11) is 0. The van der Waals surface area contributed by atoms with Gasteiger partial charge in [0.15, 0.2) is 0 Å². The first-order valence-electron chi connectivity index (χ1n) is 32.3. The van der Waals surface area contributed by atoms with Crippen LogP contribution in [0.1, 0.15) is 226 Å². The highest BCUT2D eigenvalue weighted by Crippen LogP contribution is 2.66. The summed E-state index contributed by atoms with van der Waals surface area (Å²) in [6.07, 6.45) is 8.52. The number of benzene rings is 8. The molecule has 1 fully saturated rings. The molecule has 2 heterocycles. The molecule has 84 heavy (non-hydrogen) atoms. The van der Waals surface area contributed by atoms with Crippen LogP contribution >= 0.6 is 0 Å². The van der Waals surface area contributed by atoms with E-state index in [2.05, 4.69) is 267 Å². The topological polar surface area (TPSA) is 6.48 Å². The van der Waals surface area contributed by atoms with E-state index in [1.807, 2.05) is 0 Å². The molecular weight excluding hydrogens is 1010 g/mol. The molecule has 0 aromatic heterocycles. The zero-order chi connectivity index (χ0) is 59.0. The van der Waals surface area contributed by atoms with Crippen LogP contribution in [0.25, 0.3) is 11.1 Å². The molecule has 0 amide bonds. The van der Waals surface area contributed by atoms with Crippen molar-refractivity contribution in [2.75, 3.05) is 9.80 Å². The summed E-state index contributed by atoms with van der Waals surface area (Å²) >= 11 is 0. The zero-order valence-corrected chi connectivity index (χ0v) is 53.8. The van der Waals surface area contributed by atoms with Gasteiger partial charge in [-0.1, -0.05) is 214 Å². The molecule has 2 nitrogen and oxygen atoms in total. The molecule has 3 unspecified atom stereocenters. The van der Waals surface area contributed by atoms with Gasteiger partial charge in [-0.2, -0.15) is 0 Å². The average Bonchev–Trinajstić information content (AvgIpc) is 0.756. The van der Waals surface area contributed by atoms with Crippen LogP contribution in [0.2, 0.25) is 0 Å². The number of hydrogen-bond acceptors (Lipinski definition) is 2. The average molecular weight is 1100 g/mol. The van der Waals surface area contributed by atoms with Crippen LogP contribution in [0.15, 0.2) is 140 Å². The van der Waals surface area contributed by atoms with Crippen LogP contribution < -0.4 is 26.2 Å². The quantitative estimate of drug-likeness (QED) is 0.162. The molecule has 426 valence electrons. The SMILES string of the molecule is Cc1cc2c3c(c1)N(c1cc4c(cc1C)C(C)(C)CCC4(C)C)c1cc4c(cc1B3c1ccc(CC3c5ccc(C(C)(C)C)cc5C5(C)CCCCC35C)cc1N2c1ccc2c(c1)C(C)(C)c1ccccc1-2)C(C)(C)c1ccccc1C4(C)C. The predicted octanol–water partition coefficient (Wildman–Crippen LogP) is 19.5. The van der Waals surface area contributed by atoms with E-state index in [4.69, 9.17) is 0 Å². The van der Waals surface area contributed by atoms with Gasteiger partial charge in [0.1, 0.15) is 0 Å². The molecule has 8 aromatic rings. The Balaban J connectivity index is 1.00. The molecule has 0 bridgehead atoms. The molecular formula is C81H89BN2. The van der Waals surface area contributed by atoms with Crippen LogP contribution in [0, 0.1) is 19.3 Å². The number of anilines is 6. The van der Waals surface area contributed by atoms with Crippen molar-refractivity contribution in [3.63, 3.8) is 0 Å². The lowest BCUT2D eigenvalue weighted by Crippen LogP contribution is -2.62. The first-order chi connectivity index (χ1) is 39.6. The van der Waals surface area contributed by atoms with Crippen molar-refractivity contribution in [2.45, 2.75) is 206 Å². The molecule has 0 saturated heterocycles. The molecule has 7 aliphatic rings. The summed E-state index contributed by atoms with van der Waals surface area (Å²) in [6, 6.07) is 57.3. The molecule has 0 spiro atoms. The van der Waals surface area contributed by atoms with Gasteiger partial charge in [-0.05, 0) is 227 Å². The Morgan fingerprint density at radius 1 is 0.452 bits per heavy atom. The van der Waals surface area contributed by atoms with E-state index in [1.54, 1.807) is 11.1 Å². The molecule has 3 atom stereocenters. The van der Waals surface area contributed by atoms with Gasteiger partial charge in [0.25, 0.3) is 6.71 Å². The lowest BCUT2D eigenvalue weighted by Gasteiger charge is -2.49. The van der Waals surface area contributed by atoms with Crippen molar-refractivity contribution >= 4 is 57.2 Å². The second-order valence-corrected chi connectivity index (χ2v) is 32.1. The largest absolute Gasteiger partial charge is 0.311 e. The van der Waals surface area contributed by atoms with Gasteiger partial charge in [-0.3, -0.25) is 0 Å². The third-order valence-electron chi connectivity index (χ3n) is 24.3. The Morgan fingerprint density at radius 3 is 1.73 bits per heavy atom. The van der Waals surface area contributed by atoms with Crippen LogP contribution in [0.4, 0.5) is 34.1 Å². The summed E-state index contributed by atoms with van der Waals surface area (Å²) in [5.41, 5.74) is 35.0. The molecule has 8 aromatic carbocycles. The maximum Gasteiger partial charge on any atom is 0.252 e. The lowest BCUT2D eigenvalue weighted by atomic mass is 9.33. The van der Waals surface area contributed by atoms with Crippen molar-refractivity contribution in [3.8, 4) is 11.1 Å². The minimum Gasteiger partial charge on any atom is -0.311 e. The molecule has 0 radical (unpaired) electrons. The molecule has 1 saturated carbocycles. The van der Waals surface area contributed by atoms with Gasteiger partial charge >= 0.3 is 0 Å². The zero-order valence-electron chi connectivity index (χ0n) is 53.8. The first kappa shape index (κ1) is 54.1. The number of nitrogens with zero attached hydrogens (tertiary/aromatic N) is 2. The minimum absolute atomic E-state index is 0.00542. The molecule has 5 aliphatic carbocycles. The first-order valence-corrected chi connectivity index (χ1v) is 32.3. The van der Waals surface area contributed by atoms with Crippen molar-refractivity contribution < 1.29 is 0 Å². The standard InChI is InChI=1S/C81H89BN2/c1-48-38-71-73-72(39-48)84(68-46-63-62(40-49(68)2)75(6,7)36-37-76(63,8)9)70-47-65-64(78(12,13)57-26-20-21-27-58(57)79(65,14)15)45-67(70)82(73)66-33-28-50(41-60-55-31-29-51(74(3,4)5)43-61(55)81(17)35-23-22-34-80(60,81)16)42-69(66)83(71)52-30-32-54-53-24-18-19-25-56(53)77(10,11)59(54)44-52/h18-21,24-33,38-40,42-47,60H,22-23,34-37,41H2,1-17H3. The second-order valence-electron chi connectivity index (χ2n) is 32.1. The van der Waals surface area contributed by atoms with Crippen LogP contribution in [0.3, 0.4) is 0 Å². The van der Waals surface area contributed by atoms with Crippen molar-refractivity contribution in [1.29, 1.82) is 0 Å². The van der Waals surface area contributed by atoms with Gasteiger partial charge in [0.2, 0.25) is 0 Å². The Morgan fingerprint density at radius 2 is 1.04 bits per heavy atom. The number of hydrogen-bond donors (Lipinski definition) is 0. The highest BCUT2D eigenvalue weighted by atomic mass is 15.2. The van der Waals surface area contributed by atoms with E-state index in [0.717, 1.165) is 6.42 Å². The van der Waals surface area contributed by atoms with E-state index in [1.165, 1.54) is 167 Å². The normalized spacial score (nSPS) is 23.4. The lowest BCUT2D eigenvalue weighted by molar-refractivity contribution is 0.0794. The monoisotopic (exact) mass is 1100 g/mol. The van der Waals surface area contributed by atoms with E-state index in [0.29, 0.717) is 5.92 Å². The third kappa shape index (κ3) is 7.17. The van der Waals surface area contributed by atoms with Crippen molar-refractivity contribution in [1.82, 2.24) is 0 Å². The number of fused-ring (bicyclic) bond motifs is 13. The summed E-state index contributed by atoms with van der Waals surface area (Å²) in [5, 5.41) is 0. The van der Waals surface area contributed by atoms with Crippen molar-refractivity contribution in [2.24, 2.45) is 5.41 Å². The maximum atomic E-state index is 2.76. The van der Waals surface area contributed by atoms with Gasteiger partial charge < -0.3 is 9.80 Å². The van der Waals surface area contributed by atoms with E-state index in [9.17, 15) is 0 Å². The highest BCUT2D eigenvalue weighted by molar-refractivity contribution is 7.00. The Labute approximate surface area is 504 Å². The van der Waals surface area contributed by atoms with Gasteiger partial charge in [-0.25, -0.2) is 0 Å². The maximum absolute atomic E-state index is 2.76. The van der Waals surface area contributed by atoms with E-state index >= 15 is 0 Å². The Kier molecular flexibility index (Phi) is 11.2. The molecule has 2 aliphatic heterocycles. The number of rotatable bonds is 4. The fourth-order valence-corrected chi connectivity index (χ4v) is 18.8. The third-order valence-corrected chi connectivity index (χ3v) is 24.3. The summed E-state index contributed by atoms with van der Waals surface area (Å²) < 4.78 is 0. The molecule has 0 N–H and O–H groups in total. The second kappa shape index (κ2) is 17.3. The number of aryl methyl sites for hydroxylation is 2. The summed E-state index contributed by atoms with van der Waals surface area (Å²) in [5.74, 6) is 0.418. The molecule has 3 heteroatoms. The van der Waals surface area contributed by atoms with E-state index < -0.39 is 0 Å². The fourth-order valence-electron chi connectivity index (χ4n) is 18.8. The van der Waals surface area contributed by atoms with E-state index in [-0.39, 0.29) is 50.0 Å². The van der Waals surface area contributed by atoms with Gasteiger partial charge in [0.05, 0.1) is 0 Å². The Bertz CT molecular complexity index is 4170. The summed E-state index contributed by atoms with van der Waals surface area (Å²) in [6.45, 7) is 42.0.